The molecule has 0 bridgehead atoms. The molecular weight excluding hydrogens is 148 g/mol. The summed E-state index contributed by atoms with van der Waals surface area (Å²) in [6, 6.07) is 0. The Hall–Kier alpha value is -0.640. The molecular formula is C11H20O. The van der Waals surface area contributed by atoms with Crippen LogP contribution in [0.1, 0.15) is 52.4 Å². The number of rotatable bonds is 6. The molecule has 0 aromatic rings. The van der Waals surface area contributed by atoms with Crippen molar-refractivity contribution in [1.29, 1.82) is 0 Å². The summed E-state index contributed by atoms with van der Waals surface area (Å²) in [7, 11) is 0. The van der Waals surface area contributed by atoms with E-state index in [0.29, 0.717) is 0 Å². The van der Waals surface area contributed by atoms with Gasteiger partial charge in [0, 0.05) is 6.42 Å². The van der Waals surface area contributed by atoms with Crippen molar-refractivity contribution in [1.82, 2.24) is 0 Å². The summed E-state index contributed by atoms with van der Waals surface area (Å²) in [4.78, 5) is 0. The van der Waals surface area contributed by atoms with Crippen LogP contribution >= 0.6 is 0 Å². The van der Waals surface area contributed by atoms with Gasteiger partial charge >= 0.3 is 0 Å². The van der Waals surface area contributed by atoms with Gasteiger partial charge in [0.05, 0.1) is 6.61 Å². The van der Waals surface area contributed by atoms with Gasteiger partial charge in [-0.15, -0.1) is 0 Å². The van der Waals surface area contributed by atoms with Crippen molar-refractivity contribution < 1.29 is 4.74 Å². The van der Waals surface area contributed by atoms with Crippen molar-refractivity contribution in [2.24, 2.45) is 0 Å². The van der Waals surface area contributed by atoms with Gasteiger partial charge in [0.2, 0.25) is 0 Å². The van der Waals surface area contributed by atoms with Crippen molar-refractivity contribution in [3.8, 4) is 12.0 Å². The second kappa shape index (κ2) is 10.4. The van der Waals surface area contributed by atoms with Gasteiger partial charge in [-0.1, -0.05) is 39.0 Å². The predicted octanol–water partition coefficient (Wildman–Crippen LogP) is 3.34. The molecule has 0 saturated carbocycles. The highest BCUT2D eigenvalue weighted by molar-refractivity contribution is 4.90. The van der Waals surface area contributed by atoms with E-state index in [2.05, 4.69) is 25.9 Å². The molecule has 12 heavy (non-hydrogen) atoms. The minimum Gasteiger partial charge on any atom is -0.447 e. The second-order valence-electron chi connectivity index (χ2n) is 2.94. The maximum atomic E-state index is 5.03. The zero-order chi connectivity index (χ0) is 9.07. The second-order valence-corrected chi connectivity index (χ2v) is 2.94. The van der Waals surface area contributed by atoms with Crippen molar-refractivity contribution in [2.45, 2.75) is 52.4 Å². The zero-order valence-electron chi connectivity index (χ0n) is 8.36. The lowest BCUT2D eigenvalue weighted by atomic mass is 10.2. The Labute approximate surface area is 76.5 Å². The lowest BCUT2D eigenvalue weighted by Gasteiger charge is -1.92. The third-order valence-corrected chi connectivity index (χ3v) is 1.61. The molecule has 0 fully saturated rings. The molecule has 0 spiro atoms. The first-order chi connectivity index (χ1) is 5.91. The van der Waals surface area contributed by atoms with Gasteiger partial charge < -0.3 is 4.74 Å². The molecule has 0 radical (unpaired) electrons. The Morgan fingerprint density at radius 2 is 1.83 bits per heavy atom. The lowest BCUT2D eigenvalue weighted by Crippen LogP contribution is -1.82. The molecule has 0 aromatic carbocycles. The van der Waals surface area contributed by atoms with Crippen LogP contribution in [0, 0.1) is 12.0 Å². The van der Waals surface area contributed by atoms with E-state index >= 15 is 0 Å². The predicted molar refractivity (Wildman–Crippen MR) is 52.8 cm³/mol. The SMILES string of the molecule is CCCCCCC#COCCC. The van der Waals surface area contributed by atoms with E-state index in [4.69, 9.17) is 4.74 Å². The largest absolute Gasteiger partial charge is 0.447 e. The fourth-order valence-electron chi connectivity index (χ4n) is 0.895. The maximum absolute atomic E-state index is 5.03. The monoisotopic (exact) mass is 168 g/mol. The average Bonchev–Trinajstić information content (AvgIpc) is 2.10. The number of ether oxygens (including phenoxy) is 1. The molecule has 0 aliphatic rings. The van der Waals surface area contributed by atoms with E-state index in [1.165, 1.54) is 25.7 Å². The first-order valence-electron chi connectivity index (χ1n) is 5.01. The highest BCUT2D eigenvalue weighted by atomic mass is 16.5. The molecule has 0 saturated heterocycles. The fourth-order valence-corrected chi connectivity index (χ4v) is 0.895. The molecule has 0 N–H and O–H groups in total. The Morgan fingerprint density at radius 1 is 1.00 bits per heavy atom. The normalized spacial score (nSPS) is 8.83. The van der Waals surface area contributed by atoms with Crippen LogP contribution in [0.25, 0.3) is 0 Å². The molecule has 0 rings (SSSR count). The Bertz CT molecular complexity index is 130. The van der Waals surface area contributed by atoms with Crippen LogP contribution in [-0.2, 0) is 4.74 Å². The van der Waals surface area contributed by atoms with Crippen molar-refractivity contribution in [3.05, 3.63) is 0 Å². The van der Waals surface area contributed by atoms with Crippen molar-refractivity contribution in [2.75, 3.05) is 6.61 Å². The van der Waals surface area contributed by atoms with Crippen LogP contribution in [0.15, 0.2) is 0 Å². The summed E-state index contributed by atoms with van der Waals surface area (Å²) in [5.74, 6) is 3.01. The van der Waals surface area contributed by atoms with E-state index in [1.54, 1.807) is 0 Å². The Kier molecular flexibility index (Phi) is 9.81. The van der Waals surface area contributed by atoms with Gasteiger partial charge in [0.25, 0.3) is 0 Å². The van der Waals surface area contributed by atoms with Crippen molar-refractivity contribution in [3.63, 3.8) is 0 Å². The molecule has 0 aliphatic carbocycles. The van der Waals surface area contributed by atoms with Crippen LogP contribution in [-0.4, -0.2) is 6.61 Å². The van der Waals surface area contributed by atoms with Crippen LogP contribution in [0.4, 0.5) is 0 Å². The molecule has 0 aromatic heterocycles. The van der Waals surface area contributed by atoms with E-state index < -0.39 is 0 Å². The molecule has 1 nitrogen and oxygen atoms in total. The van der Waals surface area contributed by atoms with Crippen LogP contribution in [0.5, 0.6) is 0 Å². The highest BCUT2D eigenvalue weighted by Crippen LogP contribution is 2.00. The zero-order valence-corrected chi connectivity index (χ0v) is 8.36. The summed E-state index contributed by atoms with van der Waals surface area (Å²) in [5, 5.41) is 0. The van der Waals surface area contributed by atoms with Crippen LogP contribution < -0.4 is 0 Å². The third-order valence-electron chi connectivity index (χ3n) is 1.61. The Balaban J connectivity index is 2.99. The highest BCUT2D eigenvalue weighted by Gasteiger charge is 1.83. The van der Waals surface area contributed by atoms with E-state index in [-0.39, 0.29) is 0 Å². The van der Waals surface area contributed by atoms with Gasteiger partial charge in [0.1, 0.15) is 6.11 Å². The average molecular weight is 168 g/mol. The summed E-state index contributed by atoms with van der Waals surface area (Å²) in [6.45, 7) is 5.07. The molecule has 0 amide bonds. The molecule has 70 valence electrons. The Morgan fingerprint density at radius 3 is 2.50 bits per heavy atom. The number of hydrogen-bond donors (Lipinski definition) is 0. The molecule has 0 atom stereocenters. The summed E-state index contributed by atoms with van der Waals surface area (Å²) < 4.78 is 5.03. The molecule has 0 unspecified atom stereocenters. The molecule has 1 heteroatoms. The van der Waals surface area contributed by atoms with E-state index in [1.807, 2.05) is 0 Å². The first-order valence-corrected chi connectivity index (χ1v) is 5.01. The van der Waals surface area contributed by atoms with Crippen LogP contribution in [0.2, 0.25) is 0 Å². The smallest absolute Gasteiger partial charge is 0.110 e. The van der Waals surface area contributed by atoms with Gasteiger partial charge in [-0.05, 0) is 12.8 Å². The summed E-state index contributed by atoms with van der Waals surface area (Å²) in [6.07, 6.45) is 9.89. The minimum atomic E-state index is 0.766. The van der Waals surface area contributed by atoms with Gasteiger partial charge in [-0.2, -0.15) is 0 Å². The van der Waals surface area contributed by atoms with Gasteiger partial charge in [-0.3, -0.25) is 0 Å². The minimum absolute atomic E-state index is 0.766. The van der Waals surface area contributed by atoms with Gasteiger partial charge in [0.15, 0.2) is 0 Å². The van der Waals surface area contributed by atoms with Crippen LogP contribution in [0.3, 0.4) is 0 Å². The van der Waals surface area contributed by atoms with E-state index in [9.17, 15) is 0 Å². The number of unbranched alkanes of at least 4 members (excludes halogenated alkanes) is 4. The quantitative estimate of drug-likeness (QED) is 0.436. The first kappa shape index (κ1) is 11.4. The maximum Gasteiger partial charge on any atom is 0.110 e. The van der Waals surface area contributed by atoms with Crippen molar-refractivity contribution >= 4 is 0 Å². The lowest BCUT2D eigenvalue weighted by molar-refractivity contribution is 0.277. The molecule has 0 aliphatic heterocycles. The topological polar surface area (TPSA) is 9.23 Å². The fraction of sp³-hybridized carbons (Fsp3) is 0.818. The standard InChI is InChI=1S/C11H20O/c1-3-5-6-7-8-9-11-12-10-4-2/h3-8,10H2,1-2H3. The summed E-state index contributed by atoms with van der Waals surface area (Å²) in [5.41, 5.74) is 0. The number of hydrogen-bond acceptors (Lipinski definition) is 1. The van der Waals surface area contributed by atoms with E-state index in [0.717, 1.165) is 19.4 Å². The summed E-state index contributed by atoms with van der Waals surface area (Å²) >= 11 is 0. The van der Waals surface area contributed by atoms with Gasteiger partial charge in [-0.25, -0.2) is 0 Å². The third kappa shape index (κ3) is 9.36. The molecule has 0 heterocycles.